The van der Waals surface area contributed by atoms with E-state index in [0.29, 0.717) is 0 Å². The Labute approximate surface area is 220 Å². The van der Waals surface area contributed by atoms with Gasteiger partial charge in [-0.15, -0.1) is 0 Å². The van der Waals surface area contributed by atoms with Crippen LogP contribution in [-0.4, -0.2) is 69.3 Å². The van der Waals surface area contributed by atoms with E-state index in [1.165, 1.54) is 11.3 Å². The van der Waals surface area contributed by atoms with Crippen molar-refractivity contribution in [3.63, 3.8) is 0 Å². The number of nitrogens with one attached hydrogen (secondary N) is 2. The number of benzene rings is 3. The second-order valence-electron chi connectivity index (χ2n) is 9.80. The van der Waals surface area contributed by atoms with Crippen LogP contribution in [-0.2, 0) is 16.1 Å². The van der Waals surface area contributed by atoms with Gasteiger partial charge in [-0.1, -0.05) is 30.3 Å². The Hall–Kier alpha value is -3.55. The van der Waals surface area contributed by atoms with Crippen molar-refractivity contribution in [2.75, 3.05) is 72.9 Å². The van der Waals surface area contributed by atoms with Crippen molar-refractivity contribution in [2.45, 2.75) is 19.5 Å². The molecule has 37 heavy (non-hydrogen) atoms. The predicted molar refractivity (Wildman–Crippen MR) is 152 cm³/mol. The summed E-state index contributed by atoms with van der Waals surface area (Å²) < 4.78 is 5.42. The molecule has 2 N–H and O–H groups in total. The normalized spacial score (nSPS) is 17.3. The fraction of sp³-hybridized carbons (Fsp3) is 0.367. The summed E-state index contributed by atoms with van der Waals surface area (Å²) in [6.07, 6.45) is 0. The van der Waals surface area contributed by atoms with Gasteiger partial charge in [0.15, 0.2) is 0 Å². The monoisotopic (exact) mass is 499 g/mol. The molecule has 3 aromatic carbocycles. The van der Waals surface area contributed by atoms with Crippen LogP contribution in [0, 0.1) is 0 Å². The maximum Gasteiger partial charge on any atom is 0.246 e. The number of morpholine rings is 1. The summed E-state index contributed by atoms with van der Waals surface area (Å²) in [5.74, 6) is -0.0577. The van der Waals surface area contributed by atoms with Gasteiger partial charge in [0.2, 0.25) is 5.91 Å². The van der Waals surface area contributed by atoms with Crippen molar-refractivity contribution in [2.24, 2.45) is 0 Å². The molecule has 1 atom stereocenters. The lowest BCUT2D eigenvalue weighted by molar-refractivity contribution is -0.116. The molecule has 7 nitrogen and oxygen atoms in total. The van der Waals surface area contributed by atoms with Crippen LogP contribution in [0.1, 0.15) is 12.5 Å². The van der Waals surface area contributed by atoms with Gasteiger partial charge in [-0.3, -0.25) is 9.69 Å². The van der Waals surface area contributed by atoms with E-state index < -0.39 is 0 Å². The molecule has 194 valence electrons. The highest BCUT2D eigenvalue weighted by molar-refractivity contribution is 5.96. The minimum atomic E-state index is -0.355. The van der Waals surface area contributed by atoms with Gasteiger partial charge >= 0.3 is 0 Å². The quantitative estimate of drug-likeness (QED) is 0.482. The van der Waals surface area contributed by atoms with Gasteiger partial charge in [0.1, 0.15) is 6.04 Å². The minimum Gasteiger partial charge on any atom is -0.378 e. The topological polar surface area (TPSA) is 60.1 Å². The van der Waals surface area contributed by atoms with Gasteiger partial charge in [0.25, 0.3) is 0 Å². The Bertz CT molecular complexity index is 1120. The number of rotatable bonds is 8. The molecule has 2 aliphatic rings. The molecule has 0 unspecified atom stereocenters. The van der Waals surface area contributed by atoms with Crippen LogP contribution < -0.4 is 20.4 Å². The van der Waals surface area contributed by atoms with E-state index in [2.05, 4.69) is 92.1 Å². The first-order valence-corrected chi connectivity index (χ1v) is 13.3. The van der Waals surface area contributed by atoms with E-state index in [1.54, 1.807) is 0 Å². The number of hydrogen-bond acceptors (Lipinski definition) is 6. The molecule has 2 saturated heterocycles. The maximum atomic E-state index is 12.8. The highest BCUT2D eigenvalue weighted by atomic mass is 16.5. The number of nitrogens with zero attached hydrogens (tertiary/aromatic N) is 3. The molecular weight excluding hydrogens is 462 g/mol. The van der Waals surface area contributed by atoms with Crippen molar-refractivity contribution >= 4 is 28.7 Å². The lowest BCUT2D eigenvalue weighted by Gasteiger charge is -2.36. The molecule has 2 fully saturated rings. The third kappa shape index (κ3) is 6.81. The SMILES string of the molecule is C[C@@H](Nc1ccc(N2CCN(Cc3ccccc3)CC2)cc1)C(=O)Nc1ccc(N2CCOCC2)cc1. The highest BCUT2D eigenvalue weighted by Crippen LogP contribution is 2.22. The minimum absolute atomic E-state index is 0.0577. The number of anilines is 4. The first-order valence-electron chi connectivity index (χ1n) is 13.3. The van der Waals surface area contributed by atoms with Gasteiger partial charge in [0, 0.05) is 68.6 Å². The largest absolute Gasteiger partial charge is 0.378 e. The molecular formula is C30H37N5O2. The fourth-order valence-corrected chi connectivity index (χ4v) is 4.92. The van der Waals surface area contributed by atoms with Crippen molar-refractivity contribution in [1.29, 1.82) is 0 Å². The Balaban J connectivity index is 1.08. The number of amides is 1. The predicted octanol–water partition coefficient (Wildman–Crippen LogP) is 4.28. The van der Waals surface area contributed by atoms with Gasteiger partial charge in [0.05, 0.1) is 13.2 Å². The van der Waals surface area contributed by atoms with Crippen LogP contribution >= 0.6 is 0 Å². The molecule has 7 heteroatoms. The van der Waals surface area contributed by atoms with E-state index in [-0.39, 0.29) is 11.9 Å². The third-order valence-corrected chi connectivity index (χ3v) is 7.14. The first kappa shape index (κ1) is 25.1. The summed E-state index contributed by atoms with van der Waals surface area (Å²) in [6.45, 7) is 10.4. The van der Waals surface area contributed by atoms with Gasteiger partial charge in [-0.05, 0) is 61.0 Å². The smallest absolute Gasteiger partial charge is 0.246 e. The van der Waals surface area contributed by atoms with Crippen LogP contribution in [0.15, 0.2) is 78.9 Å². The molecule has 2 heterocycles. The Kier molecular flexibility index (Phi) is 8.23. The van der Waals surface area contributed by atoms with E-state index in [0.717, 1.165) is 76.1 Å². The molecule has 0 radical (unpaired) electrons. The summed E-state index contributed by atoms with van der Waals surface area (Å²) in [7, 11) is 0. The lowest BCUT2D eigenvalue weighted by Crippen LogP contribution is -2.45. The van der Waals surface area contributed by atoms with Crippen LogP contribution in [0.3, 0.4) is 0 Å². The molecule has 2 aliphatic heterocycles. The van der Waals surface area contributed by atoms with Crippen LogP contribution in [0.25, 0.3) is 0 Å². The van der Waals surface area contributed by atoms with Gasteiger partial charge < -0.3 is 25.2 Å². The van der Waals surface area contributed by atoms with Crippen molar-refractivity contribution < 1.29 is 9.53 Å². The molecule has 0 spiro atoms. The molecule has 0 aromatic heterocycles. The summed E-state index contributed by atoms with van der Waals surface area (Å²) in [6, 6.07) is 26.8. The number of ether oxygens (including phenoxy) is 1. The zero-order chi connectivity index (χ0) is 25.5. The zero-order valence-corrected chi connectivity index (χ0v) is 21.6. The summed E-state index contributed by atoms with van der Waals surface area (Å²) in [5, 5.41) is 6.35. The molecule has 3 aromatic rings. The van der Waals surface area contributed by atoms with Gasteiger partial charge in [-0.2, -0.15) is 0 Å². The molecule has 5 rings (SSSR count). The second-order valence-corrected chi connectivity index (χ2v) is 9.80. The van der Waals surface area contributed by atoms with Crippen molar-refractivity contribution in [3.8, 4) is 0 Å². The Morgan fingerprint density at radius 2 is 1.32 bits per heavy atom. The number of hydrogen-bond donors (Lipinski definition) is 2. The average Bonchev–Trinajstić information content (AvgIpc) is 2.95. The summed E-state index contributed by atoms with van der Waals surface area (Å²) in [4.78, 5) is 20.0. The number of carbonyl (C=O) groups is 1. The van der Waals surface area contributed by atoms with Crippen LogP contribution in [0.2, 0.25) is 0 Å². The van der Waals surface area contributed by atoms with Crippen molar-refractivity contribution in [3.05, 3.63) is 84.4 Å². The number of carbonyl (C=O) groups excluding carboxylic acids is 1. The van der Waals surface area contributed by atoms with Crippen molar-refractivity contribution in [1.82, 2.24) is 4.90 Å². The standard InChI is InChI=1S/C30H37N5O2/c1-24(30(36)32-27-9-13-29(14-10-27)35-19-21-37-22-20-35)31-26-7-11-28(12-8-26)34-17-15-33(16-18-34)23-25-5-3-2-4-6-25/h2-14,24,31H,15-23H2,1H3,(H,32,36)/t24-/m1/s1. The van der Waals surface area contributed by atoms with E-state index in [9.17, 15) is 4.79 Å². The fourth-order valence-electron chi connectivity index (χ4n) is 4.92. The second kappa shape index (κ2) is 12.1. The van der Waals surface area contributed by atoms with Gasteiger partial charge in [-0.25, -0.2) is 0 Å². The summed E-state index contributed by atoms with van der Waals surface area (Å²) in [5.41, 5.74) is 5.50. The zero-order valence-electron chi connectivity index (χ0n) is 21.6. The third-order valence-electron chi connectivity index (χ3n) is 7.14. The average molecular weight is 500 g/mol. The Morgan fingerprint density at radius 1 is 0.757 bits per heavy atom. The highest BCUT2D eigenvalue weighted by Gasteiger charge is 2.18. The lowest BCUT2D eigenvalue weighted by atomic mass is 10.2. The maximum absolute atomic E-state index is 12.8. The van der Waals surface area contributed by atoms with Crippen LogP contribution in [0.4, 0.5) is 22.7 Å². The molecule has 0 saturated carbocycles. The number of piperazine rings is 1. The van der Waals surface area contributed by atoms with Crippen LogP contribution in [0.5, 0.6) is 0 Å². The first-order chi connectivity index (χ1) is 18.1. The Morgan fingerprint density at radius 3 is 1.95 bits per heavy atom. The van der Waals surface area contributed by atoms with E-state index in [4.69, 9.17) is 4.74 Å². The molecule has 1 amide bonds. The summed E-state index contributed by atoms with van der Waals surface area (Å²) >= 11 is 0. The molecule has 0 aliphatic carbocycles. The van der Waals surface area contributed by atoms with E-state index in [1.807, 2.05) is 19.1 Å². The molecule has 0 bridgehead atoms. The van der Waals surface area contributed by atoms with E-state index >= 15 is 0 Å².